The molecule has 0 radical (unpaired) electrons. The van der Waals surface area contributed by atoms with Gasteiger partial charge in [-0.2, -0.15) is 0 Å². The molecule has 1 fully saturated rings. The van der Waals surface area contributed by atoms with Crippen molar-refractivity contribution in [2.75, 3.05) is 20.6 Å². The molecule has 0 aromatic rings. The molecule has 1 rings (SSSR count). The molecule has 92 valence electrons. The molecule has 0 bridgehead atoms. The van der Waals surface area contributed by atoms with E-state index < -0.39 is 0 Å². The van der Waals surface area contributed by atoms with E-state index in [-0.39, 0.29) is 0 Å². The first-order chi connectivity index (χ1) is 7.59. The quantitative estimate of drug-likeness (QED) is 0.603. The minimum atomic E-state index is 0.790. The van der Waals surface area contributed by atoms with Crippen LogP contribution in [0.1, 0.15) is 32.6 Å². The van der Waals surface area contributed by atoms with Crippen LogP contribution >= 0.6 is 12.2 Å². The summed E-state index contributed by atoms with van der Waals surface area (Å²) in [4.78, 5) is 1.92. The Kier molecular flexibility index (Phi) is 5.81. The van der Waals surface area contributed by atoms with E-state index in [4.69, 9.17) is 12.2 Å². The van der Waals surface area contributed by atoms with Crippen LogP contribution in [0.25, 0.3) is 0 Å². The van der Waals surface area contributed by atoms with Crippen molar-refractivity contribution in [3.63, 3.8) is 0 Å². The van der Waals surface area contributed by atoms with Crippen molar-refractivity contribution in [2.45, 2.75) is 32.6 Å². The van der Waals surface area contributed by atoms with Gasteiger partial charge in [-0.15, -0.1) is 0 Å². The van der Waals surface area contributed by atoms with Crippen LogP contribution in [0.3, 0.4) is 0 Å². The Morgan fingerprint density at radius 2 is 2.19 bits per heavy atom. The number of nitrogens with one attached hydrogen (secondary N) is 1. The number of allylic oxidation sites excluding steroid dienone is 1. The van der Waals surface area contributed by atoms with Crippen molar-refractivity contribution in [1.29, 1.82) is 0 Å². The average Bonchev–Trinajstić information content (AvgIpc) is 2.24. The predicted octanol–water partition coefficient (Wildman–Crippen LogP) is 2.81. The number of rotatable bonds is 3. The Labute approximate surface area is 105 Å². The summed E-state index contributed by atoms with van der Waals surface area (Å²) >= 11 is 5.15. The minimum absolute atomic E-state index is 0.790. The predicted molar refractivity (Wildman–Crippen MR) is 74.5 cm³/mol. The van der Waals surface area contributed by atoms with Gasteiger partial charge in [0.15, 0.2) is 5.11 Å². The molecule has 3 heteroatoms. The molecule has 0 spiro atoms. The highest BCUT2D eigenvalue weighted by Crippen LogP contribution is 2.29. The summed E-state index contributed by atoms with van der Waals surface area (Å²) in [5.74, 6) is 1.69. The molecule has 1 N–H and O–H groups in total. The largest absolute Gasteiger partial charge is 0.359 e. The van der Waals surface area contributed by atoms with Gasteiger partial charge in [-0.1, -0.05) is 31.9 Å². The topological polar surface area (TPSA) is 15.3 Å². The Morgan fingerprint density at radius 3 is 2.81 bits per heavy atom. The highest BCUT2D eigenvalue weighted by molar-refractivity contribution is 7.80. The molecule has 16 heavy (non-hydrogen) atoms. The van der Waals surface area contributed by atoms with Crippen molar-refractivity contribution in [3.8, 4) is 0 Å². The Hall–Kier alpha value is -0.570. The maximum atomic E-state index is 5.15. The summed E-state index contributed by atoms with van der Waals surface area (Å²) in [6.07, 6.45) is 10.1. The molecular formula is C13H24N2S. The molecule has 1 aliphatic rings. The number of hydrogen-bond donors (Lipinski definition) is 1. The molecule has 0 aromatic carbocycles. The van der Waals surface area contributed by atoms with Gasteiger partial charge in [-0.05, 0) is 36.9 Å². The third-order valence-electron chi connectivity index (χ3n) is 3.16. The van der Waals surface area contributed by atoms with Crippen molar-refractivity contribution < 1.29 is 0 Å². The Morgan fingerprint density at radius 1 is 1.44 bits per heavy atom. The smallest absolute Gasteiger partial charge is 0.168 e. The second-order valence-corrected chi connectivity index (χ2v) is 5.43. The normalized spacial score (nSPS) is 25.7. The molecule has 1 saturated carbocycles. The molecule has 0 saturated heterocycles. The van der Waals surface area contributed by atoms with Crippen molar-refractivity contribution in [1.82, 2.24) is 10.2 Å². The van der Waals surface area contributed by atoms with Crippen LogP contribution in [0.5, 0.6) is 0 Å². The SMILES string of the molecule is CC1CCCC(C=CCNC(=S)N(C)C)C1. The molecule has 2 atom stereocenters. The number of hydrogen-bond acceptors (Lipinski definition) is 1. The lowest BCUT2D eigenvalue weighted by atomic mass is 9.82. The summed E-state index contributed by atoms with van der Waals surface area (Å²) in [6.45, 7) is 3.21. The highest BCUT2D eigenvalue weighted by atomic mass is 32.1. The summed E-state index contributed by atoms with van der Waals surface area (Å²) in [6, 6.07) is 0. The zero-order valence-electron chi connectivity index (χ0n) is 10.7. The van der Waals surface area contributed by atoms with Crippen molar-refractivity contribution in [2.24, 2.45) is 11.8 Å². The third kappa shape index (κ3) is 4.97. The third-order valence-corrected chi connectivity index (χ3v) is 3.67. The lowest BCUT2D eigenvalue weighted by Crippen LogP contribution is -2.34. The van der Waals surface area contributed by atoms with Crippen molar-refractivity contribution in [3.05, 3.63) is 12.2 Å². The van der Waals surface area contributed by atoms with Crippen LogP contribution in [-0.2, 0) is 0 Å². The maximum absolute atomic E-state index is 5.15. The van der Waals surface area contributed by atoms with Gasteiger partial charge in [0.25, 0.3) is 0 Å². The first-order valence-corrected chi connectivity index (χ1v) is 6.62. The maximum Gasteiger partial charge on any atom is 0.168 e. The molecule has 0 heterocycles. The van der Waals surface area contributed by atoms with Crippen LogP contribution in [0.4, 0.5) is 0 Å². The van der Waals surface area contributed by atoms with E-state index in [0.717, 1.165) is 23.5 Å². The van der Waals surface area contributed by atoms with Gasteiger partial charge in [0.1, 0.15) is 0 Å². The van der Waals surface area contributed by atoms with E-state index in [0.29, 0.717) is 0 Å². The summed E-state index contributed by atoms with van der Waals surface area (Å²) in [7, 11) is 3.92. The molecule has 0 aliphatic heterocycles. The molecule has 2 unspecified atom stereocenters. The number of thiocarbonyl (C=S) groups is 1. The van der Waals surface area contributed by atoms with Crippen LogP contribution < -0.4 is 5.32 Å². The first-order valence-electron chi connectivity index (χ1n) is 6.21. The van der Waals surface area contributed by atoms with Gasteiger partial charge in [-0.25, -0.2) is 0 Å². The molecular weight excluding hydrogens is 216 g/mol. The van der Waals surface area contributed by atoms with Crippen LogP contribution in [0.2, 0.25) is 0 Å². The Balaban J connectivity index is 2.19. The molecule has 2 nitrogen and oxygen atoms in total. The fourth-order valence-corrected chi connectivity index (χ4v) is 2.30. The van der Waals surface area contributed by atoms with Gasteiger partial charge in [0.2, 0.25) is 0 Å². The van der Waals surface area contributed by atoms with E-state index in [1.54, 1.807) is 0 Å². The van der Waals surface area contributed by atoms with Crippen molar-refractivity contribution >= 4 is 17.3 Å². The zero-order chi connectivity index (χ0) is 12.0. The second kappa shape index (κ2) is 6.89. The van der Waals surface area contributed by atoms with E-state index in [2.05, 4.69) is 24.4 Å². The fourth-order valence-electron chi connectivity index (χ4n) is 2.22. The Bertz CT molecular complexity index is 248. The molecule has 1 aliphatic carbocycles. The molecule has 0 amide bonds. The van der Waals surface area contributed by atoms with E-state index in [1.165, 1.54) is 25.7 Å². The summed E-state index contributed by atoms with van der Waals surface area (Å²) in [5.41, 5.74) is 0. The van der Waals surface area contributed by atoms with Crippen LogP contribution in [0, 0.1) is 11.8 Å². The summed E-state index contributed by atoms with van der Waals surface area (Å²) < 4.78 is 0. The van der Waals surface area contributed by atoms with Crippen LogP contribution in [-0.4, -0.2) is 30.7 Å². The van der Waals surface area contributed by atoms with E-state index >= 15 is 0 Å². The van der Waals surface area contributed by atoms with Gasteiger partial charge < -0.3 is 10.2 Å². The molecule has 0 aromatic heterocycles. The minimum Gasteiger partial charge on any atom is -0.359 e. The second-order valence-electron chi connectivity index (χ2n) is 5.04. The van der Waals surface area contributed by atoms with Gasteiger partial charge in [-0.3, -0.25) is 0 Å². The van der Waals surface area contributed by atoms with Gasteiger partial charge in [0, 0.05) is 20.6 Å². The standard InChI is InChI=1S/C13H24N2S/c1-11-6-4-7-12(10-11)8-5-9-14-13(16)15(2)3/h5,8,11-12H,4,6-7,9-10H2,1-3H3,(H,14,16). The number of nitrogens with zero attached hydrogens (tertiary/aromatic N) is 1. The van der Waals surface area contributed by atoms with Crippen LogP contribution in [0.15, 0.2) is 12.2 Å². The zero-order valence-corrected chi connectivity index (χ0v) is 11.5. The average molecular weight is 240 g/mol. The monoisotopic (exact) mass is 240 g/mol. The first kappa shape index (κ1) is 13.5. The van der Waals surface area contributed by atoms with Gasteiger partial charge >= 0.3 is 0 Å². The van der Waals surface area contributed by atoms with E-state index in [9.17, 15) is 0 Å². The lowest BCUT2D eigenvalue weighted by molar-refractivity contribution is 0.325. The fraction of sp³-hybridized carbons (Fsp3) is 0.769. The van der Waals surface area contributed by atoms with E-state index in [1.807, 2.05) is 19.0 Å². The summed E-state index contributed by atoms with van der Waals surface area (Å²) in [5, 5.41) is 4.01. The van der Waals surface area contributed by atoms with Gasteiger partial charge in [0.05, 0.1) is 0 Å². The highest BCUT2D eigenvalue weighted by Gasteiger charge is 2.15. The lowest BCUT2D eigenvalue weighted by Gasteiger charge is -2.24.